The summed E-state index contributed by atoms with van der Waals surface area (Å²) in [5, 5.41) is 0. The summed E-state index contributed by atoms with van der Waals surface area (Å²) in [5.74, 6) is -3.68. The molecule has 12 nitrogen and oxygen atoms in total. The molecule has 5 unspecified atom stereocenters. The zero-order valence-corrected chi connectivity index (χ0v) is 24.1. The number of allylic oxidation sites excluding steroid dienone is 2. The highest BCUT2D eigenvalue weighted by Crippen LogP contribution is 2.46. The Balaban J connectivity index is 1.86. The first kappa shape index (κ1) is 30.6. The molecule has 3 aliphatic rings. The van der Waals surface area contributed by atoms with Crippen LogP contribution in [0.5, 0.6) is 5.75 Å². The summed E-state index contributed by atoms with van der Waals surface area (Å²) in [4.78, 5) is 75.6. The Labute approximate surface area is 241 Å². The van der Waals surface area contributed by atoms with Gasteiger partial charge in [-0.1, -0.05) is 13.3 Å². The van der Waals surface area contributed by atoms with Crippen molar-refractivity contribution in [2.45, 2.75) is 84.9 Å². The lowest BCUT2D eigenvalue weighted by molar-refractivity contribution is -0.165. The number of rotatable bonds is 8. The topological polar surface area (TPSA) is 158 Å². The van der Waals surface area contributed by atoms with Gasteiger partial charge in [0.2, 0.25) is 0 Å². The van der Waals surface area contributed by atoms with Crippen LogP contribution in [-0.4, -0.2) is 66.5 Å². The van der Waals surface area contributed by atoms with Gasteiger partial charge in [-0.2, -0.15) is 0 Å². The highest BCUT2D eigenvalue weighted by atomic mass is 16.6. The molecule has 5 atom stereocenters. The molecule has 0 radical (unpaired) electrons. The second-order valence-corrected chi connectivity index (χ2v) is 10.2. The second-order valence-electron chi connectivity index (χ2n) is 10.2. The average molecular weight is 585 g/mol. The average Bonchev–Trinajstić information content (AvgIpc) is 3.19. The van der Waals surface area contributed by atoms with Gasteiger partial charge in [0.25, 0.3) is 0 Å². The number of Topliss-reactive ketones (excluding diaryl/α,β-unsaturated/α-hetero) is 1. The van der Waals surface area contributed by atoms with Crippen molar-refractivity contribution in [1.29, 1.82) is 0 Å². The van der Waals surface area contributed by atoms with E-state index >= 15 is 0 Å². The zero-order valence-electron chi connectivity index (χ0n) is 24.1. The molecule has 2 heterocycles. The summed E-state index contributed by atoms with van der Waals surface area (Å²) in [6.07, 6.45) is -1.70. The molecule has 0 saturated carbocycles. The number of fused-ring (bicyclic) bond motifs is 2. The van der Waals surface area contributed by atoms with Crippen LogP contribution >= 0.6 is 0 Å². The van der Waals surface area contributed by atoms with E-state index in [1.807, 2.05) is 6.92 Å². The molecule has 0 bridgehead atoms. The van der Waals surface area contributed by atoms with Crippen LogP contribution < -0.4 is 4.74 Å². The van der Waals surface area contributed by atoms with Crippen LogP contribution in [0.4, 0.5) is 0 Å². The Morgan fingerprint density at radius 1 is 0.905 bits per heavy atom. The molecule has 0 aromatic heterocycles. The van der Waals surface area contributed by atoms with Gasteiger partial charge in [-0.25, -0.2) is 0 Å². The van der Waals surface area contributed by atoms with E-state index in [0.29, 0.717) is 29.7 Å². The lowest BCUT2D eigenvalue weighted by Crippen LogP contribution is -2.42. The molecule has 1 saturated heterocycles. The molecule has 0 spiro atoms. The van der Waals surface area contributed by atoms with Crippen LogP contribution in [0.25, 0.3) is 6.08 Å². The summed E-state index contributed by atoms with van der Waals surface area (Å²) in [5.41, 5.74) is 0.659. The predicted octanol–water partition coefficient (Wildman–Crippen LogP) is 3.34. The maximum Gasteiger partial charge on any atom is 0.308 e. The summed E-state index contributed by atoms with van der Waals surface area (Å²) >= 11 is 0. The fourth-order valence-electron chi connectivity index (χ4n) is 5.42. The SMILES string of the molecule is CCCC1OC(C)=Cc2cc3c(c(OC(C)=O)c21)C(=O)C(C1OC(COC(C)=O)C(OC(C)=O)C1OC(C)=O)=CC3=O. The normalized spacial score (nSPS) is 24.4. The van der Waals surface area contributed by atoms with Crippen LogP contribution in [0.1, 0.15) is 92.3 Å². The van der Waals surface area contributed by atoms with Crippen molar-refractivity contribution in [3.05, 3.63) is 45.7 Å². The summed E-state index contributed by atoms with van der Waals surface area (Å²) < 4.78 is 33.5. The van der Waals surface area contributed by atoms with E-state index < -0.39 is 66.0 Å². The number of hydrogen-bond donors (Lipinski definition) is 0. The van der Waals surface area contributed by atoms with Crippen LogP contribution in [0.15, 0.2) is 23.5 Å². The van der Waals surface area contributed by atoms with Crippen molar-refractivity contribution in [2.24, 2.45) is 0 Å². The van der Waals surface area contributed by atoms with Crippen LogP contribution in [-0.2, 0) is 42.9 Å². The minimum absolute atomic E-state index is 0.00924. The minimum atomic E-state index is -1.39. The van der Waals surface area contributed by atoms with Crippen LogP contribution in [0, 0.1) is 0 Å². The van der Waals surface area contributed by atoms with E-state index in [1.165, 1.54) is 13.8 Å². The molecule has 12 heteroatoms. The van der Waals surface area contributed by atoms with Gasteiger partial charge < -0.3 is 28.4 Å². The van der Waals surface area contributed by atoms with Gasteiger partial charge in [0.15, 0.2) is 23.8 Å². The molecule has 224 valence electrons. The monoisotopic (exact) mass is 584 g/mol. The van der Waals surface area contributed by atoms with E-state index in [9.17, 15) is 28.8 Å². The number of ketones is 2. The van der Waals surface area contributed by atoms with Crippen molar-refractivity contribution < 1.29 is 57.2 Å². The molecular weight excluding hydrogens is 552 g/mol. The first-order valence-electron chi connectivity index (χ1n) is 13.5. The summed E-state index contributed by atoms with van der Waals surface area (Å²) in [7, 11) is 0. The molecule has 2 aliphatic heterocycles. The zero-order chi connectivity index (χ0) is 30.9. The van der Waals surface area contributed by atoms with E-state index in [2.05, 4.69) is 0 Å². The number of benzene rings is 1. The van der Waals surface area contributed by atoms with Crippen molar-refractivity contribution in [3.8, 4) is 5.75 Å². The highest BCUT2D eigenvalue weighted by molar-refractivity contribution is 6.26. The van der Waals surface area contributed by atoms with Gasteiger partial charge in [0.1, 0.15) is 30.7 Å². The fourth-order valence-corrected chi connectivity index (χ4v) is 5.42. The maximum atomic E-state index is 14.2. The van der Waals surface area contributed by atoms with E-state index in [1.54, 1.807) is 19.1 Å². The van der Waals surface area contributed by atoms with Crippen molar-refractivity contribution in [3.63, 3.8) is 0 Å². The molecule has 42 heavy (non-hydrogen) atoms. The van der Waals surface area contributed by atoms with Gasteiger partial charge in [0, 0.05) is 44.4 Å². The molecule has 1 aromatic carbocycles. The van der Waals surface area contributed by atoms with Crippen LogP contribution in [0.2, 0.25) is 0 Å². The van der Waals surface area contributed by atoms with Gasteiger partial charge >= 0.3 is 23.9 Å². The third kappa shape index (κ3) is 6.13. The number of esters is 4. The molecule has 1 aliphatic carbocycles. The maximum absolute atomic E-state index is 14.2. The molecule has 0 amide bonds. The first-order valence-corrected chi connectivity index (χ1v) is 13.5. The fraction of sp³-hybridized carbons (Fsp3) is 0.467. The third-order valence-electron chi connectivity index (χ3n) is 6.87. The molecule has 1 aromatic rings. The number of carbonyl (C=O) groups is 6. The summed E-state index contributed by atoms with van der Waals surface area (Å²) in [6, 6.07) is 1.56. The van der Waals surface area contributed by atoms with Crippen molar-refractivity contribution in [1.82, 2.24) is 0 Å². The smallest absolute Gasteiger partial charge is 0.308 e. The standard InChI is InChI=1S/C30H32O12/c1-7-8-22-24-18(9-13(2)38-22)10-19-21(35)11-20(26(36)25(19)29(24)40-16(5)33)27-30(41-17(6)34)28(39-15(4)32)23(42-27)12-37-14(3)31/h9-11,22-23,27-28,30H,7-8,12H2,1-6H3. The van der Waals surface area contributed by atoms with Gasteiger partial charge in [-0.15, -0.1) is 0 Å². The van der Waals surface area contributed by atoms with Gasteiger partial charge in [-0.05, 0) is 37.1 Å². The minimum Gasteiger partial charge on any atom is -0.490 e. The third-order valence-corrected chi connectivity index (χ3v) is 6.87. The summed E-state index contributed by atoms with van der Waals surface area (Å²) in [6.45, 7) is 7.93. The molecule has 4 rings (SSSR count). The Kier molecular flexibility index (Phi) is 8.95. The predicted molar refractivity (Wildman–Crippen MR) is 143 cm³/mol. The quantitative estimate of drug-likeness (QED) is 0.250. The molecule has 0 N–H and O–H groups in total. The van der Waals surface area contributed by atoms with E-state index in [-0.39, 0.29) is 29.1 Å². The number of hydrogen-bond acceptors (Lipinski definition) is 12. The van der Waals surface area contributed by atoms with Crippen LogP contribution in [0.3, 0.4) is 0 Å². The van der Waals surface area contributed by atoms with Gasteiger partial charge in [-0.3, -0.25) is 28.8 Å². The van der Waals surface area contributed by atoms with E-state index in [4.69, 9.17) is 28.4 Å². The van der Waals surface area contributed by atoms with Gasteiger partial charge in [0.05, 0.1) is 11.3 Å². The Hall–Kier alpha value is -4.32. The Morgan fingerprint density at radius 2 is 1.57 bits per heavy atom. The molecule has 1 fully saturated rings. The Bertz CT molecular complexity index is 1420. The first-order chi connectivity index (χ1) is 19.8. The number of carbonyl (C=O) groups excluding carboxylic acids is 6. The Morgan fingerprint density at radius 3 is 2.17 bits per heavy atom. The second kappa shape index (κ2) is 12.3. The highest BCUT2D eigenvalue weighted by Gasteiger charge is 2.53. The number of ether oxygens (including phenoxy) is 6. The lowest BCUT2D eigenvalue weighted by atomic mass is 9.80. The largest absolute Gasteiger partial charge is 0.490 e. The van der Waals surface area contributed by atoms with Crippen molar-refractivity contribution >= 4 is 41.5 Å². The lowest BCUT2D eigenvalue weighted by Gasteiger charge is -2.31. The molecular formula is C30H32O12. The van der Waals surface area contributed by atoms with E-state index in [0.717, 1.165) is 19.9 Å². The van der Waals surface area contributed by atoms with Crippen molar-refractivity contribution in [2.75, 3.05) is 6.61 Å².